The predicted molar refractivity (Wildman–Crippen MR) is 97.2 cm³/mol. The summed E-state index contributed by atoms with van der Waals surface area (Å²) in [6.45, 7) is 3.76. The second-order valence-electron chi connectivity index (χ2n) is 5.82. The van der Waals surface area contributed by atoms with Crippen LogP contribution in [0.15, 0.2) is 36.4 Å². The van der Waals surface area contributed by atoms with Crippen LogP contribution in [-0.2, 0) is 16.0 Å². The number of aryl methyl sites for hydroxylation is 2. The molecule has 1 amide bonds. The molecule has 2 aromatic carbocycles. The van der Waals surface area contributed by atoms with Crippen molar-refractivity contribution in [3.05, 3.63) is 58.7 Å². The van der Waals surface area contributed by atoms with E-state index in [0.29, 0.717) is 29.7 Å². The molecule has 2 rings (SSSR count). The molecule has 0 aliphatic carbocycles. The van der Waals surface area contributed by atoms with E-state index in [9.17, 15) is 9.59 Å². The maximum atomic E-state index is 12.2. The van der Waals surface area contributed by atoms with Gasteiger partial charge >= 0.3 is 5.97 Å². The highest BCUT2D eigenvalue weighted by Crippen LogP contribution is 2.21. The Morgan fingerprint density at radius 2 is 1.84 bits per heavy atom. The van der Waals surface area contributed by atoms with Gasteiger partial charge < -0.3 is 14.8 Å². The maximum Gasteiger partial charge on any atom is 0.338 e. The average molecular weight is 341 g/mol. The first kappa shape index (κ1) is 18.5. The molecule has 0 unspecified atom stereocenters. The van der Waals surface area contributed by atoms with E-state index in [1.54, 1.807) is 32.2 Å². The van der Waals surface area contributed by atoms with Gasteiger partial charge in [0.25, 0.3) is 0 Å². The fourth-order valence-corrected chi connectivity index (χ4v) is 2.67. The molecule has 0 aromatic heterocycles. The minimum atomic E-state index is -0.415. The molecule has 0 saturated heterocycles. The number of hydrogen-bond acceptors (Lipinski definition) is 4. The van der Waals surface area contributed by atoms with Crippen LogP contribution in [0.5, 0.6) is 5.75 Å². The standard InChI is InChI=1S/C20H23NO4/c1-13-12-15(8-10-18(13)24-3)9-11-19(22)21-17-7-5-6-16(14(17)2)20(23)25-4/h5-8,10,12H,9,11H2,1-4H3,(H,21,22). The minimum absolute atomic E-state index is 0.0985. The van der Waals surface area contributed by atoms with Crippen molar-refractivity contribution in [1.82, 2.24) is 0 Å². The molecule has 25 heavy (non-hydrogen) atoms. The highest BCUT2D eigenvalue weighted by Gasteiger charge is 2.13. The largest absolute Gasteiger partial charge is 0.496 e. The first-order valence-corrected chi connectivity index (χ1v) is 8.07. The van der Waals surface area contributed by atoms with E-state index in [1.165, 1.54) is 7.11 Å². The van der Waals surface area contributed by atoms with Crippen molar-refractivity contribution in [3.63, 3.8) is 0 Å². The van der Waals surface area contributed by atoms with E-state index in [-0.39, 0.29) is 5.91 Å². The van der Waals surface area contributed by atoms with Crippen LogP contribution < -0.4 is 10.1 Å². The molecule has 0 bridgehead atoms. The molecule has 0 atom stereocenters. The van der Waals surface area contributed by atoms with Crippen LogP contribution in [0, 0.1) is 13.8 Å². The Hall–Kier alpha value is -2.82. The highest BCUT2D eigenvalue weighted by atomic mass is 16.5. The molecule has 0 spiro atoms. The monoisotopic (exact) mass is 341 g/mol. The molecule has 132 valence electrons. The molecule has 0 radical (unpaired) electrons. The lowest BCUT2D eigenvalue weighted by atomic mass is 10.0. The van der Waals surface area contributed by atoms with Crippen LogP contribution in [0.2, 0.25) is 0 Å². The zero-order chi connectivity index (χ0) is 18.4. The second-order valence-corrected chi connectivity index (χ2v) is 5.82. The van der Waals surface area contributed by atoms with Gasteiger partial charge in [0.1, 0.15) is 5.75 Å². The van der Waals surface area contributed by atoms with Crippen LogP contribution in [0.4, 0.5) is 5.69 Å². The Balaban J connectivity index is 2.01. The zero-order valence-electron chi connectivity index (χ0n) is 15.0. The summed E-state index contributed by atoms with van der Waals surface area (Å²) in [7, 11) is 2.98. The van der Waals surface area contributed by atoms with Gasteiger partial charge in [-0.15, -0.1) is 0 Å². The lowest BCUT2D eigenvalue weighted by Gasteiger charge is -2.12. The number of benzene rings is 2. The van der Waals surface area contributed by atoms with Gasteiger partial charge in [-0.25, -0.2) is 4.79 Å². The molecule has 1 N–H and O–H groups in total. The third kappa shape index (κ3) is 4.59. The summed E-state index contributed by atoms with van der Waals surface area (Å²) in [5.41, 5.74) is 3.89. The molecule has 2 aromatic rings. The summed E-state index contributed by atoms with van der Waals surface area (Å²) < 4.78 is 9.99. The van der Waals surface area contributed by atoms with Crippen LogP contribution in [0.3, 0.4) is 0 Å². The molecule has 0 aliphatic heterocycles. The third-order valence-corrected chi connectivity index (χ3v) is 4.11. The summed E-state index contributed by atoms with van der Waals surface area (Å²) in [4.78, 5) is 24.0. The van der Waals surface area contributed by atoms with Gasteiger partial charge in [0.05, 0.1) is 19.8 Å². The highest BCUT2D eigenvalue weighted by molar-refractivity contribution is 5.96. The van der Waals surface area contributed by atoms with E-state index in [0.717, 1.165) is 16.9 Å². The number of carbonyl (C=O) groups is 2. The Kier molecular flexibility index (Phi) is 6.17. The number of amides is 1. The van der Waals surface area contributed by atoms with Crippen molar-refractivity contribution in [2.45, 2.75) is 26.7 Å². The summed E-state index contributed by atoms with van der Waals surface area (Å²) in [5, 5.41) is 2.87. The molecule has 0 heterocycles. The fourth-order valence-electron chi connectivity index (χ4n) is 2.67. The lowest BCUT2D eigenvalue weighted by molar-refractivity contribution is -0.116. The third-order valence-electron chi connectivity index (χ3n) is 4.11. The van der Waals surface area contributed by atoms with Crippen molar-refractivity contribution in [3.8, 4) is 5.75 Å². The topological polar surface area (TPSA) is 64.6 Å². The van der Waals surface area contributed by atoms with E-state index in [1.807, 2.05) is 25.1 Å². The Morgan fingerprint density at radius 1 is 1.08 bits per heavy atom. The van der Waals surface area contributed by atoms with E-state index < -0.39 is 5.97 Å². The lowest BCUT2D eigenvalue weighted by Crippen LogP contribution is -2.14. The van der Waals surface area contributed by atoms with Gasteiger partial charge in [-0.1, -0.05) is 18.2 Å². The summed E-state index contributed by atoms with van der Waals surface area (Å²) in [6, 6.07) is 11.1. The molecular weight excluding hydrogens is 318 g/mol. The molecule has 0 fully saturated rings. The molecule has 0 aliphatic rings. The van der Waals surface area contributed by atoms with E-state index in [2.05, 4.69) is 5.32 Å². The smallest absolute Gasteiger partial charge is 0.338 e. The zero-order valence-corrected chi connectivity index (χ0v) is 15.0. The van der Waals surface area contributed by atoms with Gasteiger partial charge in [-0.3, -0.25) is 4.79 Å². The van der Waals surface area contributed by atoms with Crippen molar-refractivity contribution < 1.29 is 19.1 Å². The van der Waals surface area contributed by atoms with Gasteiger partial charge in [-0.2, -0.15) is 0 Å². The number of anilines is 1. The molecular formula is C20H23NO4. The van der Waals surface area contributed by atoms with Crippen molar-refractivity contribution in [2.24, 2.45) is 0 Å². The van der Waals surface area contributed by atoms with Crippen molar-refractivity contribution in [2.75, 3.05) is 19.5 Å². The van der Waals surface area contributed by atoms with Gasteiger partial charge in [-0.05, 0) is 55.2 Å². The summed E-state index contributed by atoms with van der Waals surface area (Å²) in [5.74, 6) is 0.323. The number of methoxy groups -OCH3 is 2. The van der Waals surface area contributed by atoms with Gasteiger partial charge in [0, 0.05) is 12.1 Å². The number of hydrogen-bond donors (Lipinski definition) is 1. The fraction of sp³-hybridized carbons (Fsp3) is 0.300. The average Bonchev–Trinajstić information content (AvgIpc) is 2.61. The van der Waals surface area contributed by atoms with Crippen LogP contribution >= 0.6 is 0 Å². The number of nitrogens with one attached hydrogen (secondary N) is 1. The quantitative estimate of drug-likeness (QED) is 0.814. The van der Waals surface area contributed by atoms with Crippen molar-refractivity contribution >= 4 is 17.6 Å². The van der Waals surface area contributed by atoms with E-state index in [4.69, 9.17) is 9.47 Å². The number of esters is 1. The van der Waals surface area contributed by atoms with Crippen LogP contribution in [0.1, 0.15) is 33.5 Å². The van der Waals surface area contributed by atoms with Crippen LogP contribution in [0.25, 0.3) is 0 Å². The first-order chi connectivity index (χ1) is 12.0. The molecule has 5 nitrogen and oxygen atoms in total. The van der Waals surface area contributed by atoms with Gasteiger partial charge in [0.2, 0.25) is 5.91 Å². The number of ether oxygens (including phenoxy) is 2. The Bertz CT molecular complexity index is 783. The second kappa shape index (κ2) is 8.33. The SMILES string of the molecule is COC(=O)c1cccc(NC(=O)CCc2ccc(OC)c(C)c2)c1C. The Labute approximate surface area is 148 Å². The number of rotatable bonds is 6. The normalized spacial score (nSPS) is 10.2. The maximum absolute atomic E-state index is 12.2. The summed E-state index contributed by atoms with van der Waals surface area (Å²) in [6.07, 6.45) is 0.986. The van der Waals surface area contributed by atoms with Crippen molar-refractivity contribution in [1.29, 1.82) is 0 Å². The van der Waals surface area contributed by atoms with Crippen LogP contribution in [-0.4, -0.2) is 26.1 Å². The Morgan fingerprint density at radius 3 is 2.48 bits per heavy atom. The molecule has 5 heteroatoms. The molecule has 0 saturated carbocycles. The number of carbonyl (C=O) groups excluding carboxylic acids is 2. The predicted octanol–water partition coefficient (Wildman–Crippen LogP) is 3.67. The minimum Gasteiger partial charge on any atom is -0.496 e. The first-order valence-electron chi connectivity index (χ1n) is 8.07. The van der Waals surface area contributed by atoms with Gasteiger partial charge in [0.15, 0.2) is 0 Å². The summed E-state index contributed by atoms with van der Waals surface area (Å²) >= 11 is 0. The van der Waals surface area contributed by atoms with E-state index >= 15 is 0 Å².